The molecule has 0 saturated carbocycles. The van der Waals surface area contributed by atoms with Crippen molar-refractivity contribution in [2.45, 2.75) is 0 Å². The number of ether oxygens (including phenoxy) is 2. The number of benzene rings is 2. The number of methoxy groups -OCH3 is 1. The second-order valence-electron chi connectivity index (χ2n) is 4.14. The number of carbonyl (C=O) groups is 1. The van der Waals surface area contributed by atoms with Gasteiger partial charge in [-0.2, -0.15) is 0 Å². The van der Waals surface area contributed by atoms with Crippen LogP contribution in [0.15, 0.2) is 36.4 Å². The Morgan fingerprint density at radius 3 is 2.48 bits per heavy atom. The van der Waals surface area contributed by atoms with Crippen molar-refractivity contribution in [1.29, 1.82) is 0 Å². The van der Waals surface area contributed by atoms with Gasteiger partial charge in [0.05, 0.1) is 12.1 Å². The Balaban J connectivity index is 2.06. The molecule has 0 spiro atoms. The van der Waals surface area contributed by atoms with Gasteiger partial charge in [0.25, 0.3) is 0 Å². The second-order valence-corrected chi connectivity index (χ2v) is 4.54. The highest BCUT2D eigenvalue weighted by Crippen LogP contribution is 2.25. The molecule has 0 amide bonds. The first-order chi connectivity index (χ1) is 10.0. The number of rotatable bonds is 5. The zero-order valence-electron chi connectivity index (χ0n) is 11.0. The quantitative estimate of drug-likeness (QED) is 0.786. The Morgan fingerprint density at radius 1 is 1.14 bits per heavy atom. The smallest absolute Gasteiger partial charge is 0.200 e. The maximum absolute atomic E-state index is 13.5. The molecule has 0 N–H and O–H groups in total. The molecule has 2 aromatic carbocycles. The molecule has 0 atom stereocenters. The Hall–Kier alpha value is -2.14. The number of ketones is 1. The fraction of sp³-hybridized carbons (Fsp3) is 0.133. The minimum Gasteiger partial charge on any atom is -0.494 e. The van der Waals surface area contributed by atoms with Crippen LogP contribution in [0.5, 0.6) is 11.5 Å². The molecule has 0 aliphatic heterocycles. The zero-order valence-corrected chi connectivity index (χ0v) is 11.8. The third kappa shape index (κ3) is 3.70. The number of carbonyl (C=O) groups excluding carboxylic acids is 1. The molecule has 0 bridgehead atoms. The van der Waals surface area contributed by atoms with E-state index in [9.17, 15) is 13.6 Å². The van der Waals surface area contributed by atoms with Gasteiger partial charge in [-0.25, -0.2) is 8.78 Å². The molecule has 0 aliphatic carbocycles. The highest BCUT2D eigenvalue weighted by atomic mass is 35.5. The molecule has 3 nitrogen and oxygen atoms in total. The molecule has 2 rings (SSSR count). The van der Waals surface area contributed by atoms with Crippen molar-refractivity contribution >= 4 is 17.4 Å². The molecule has 2 aromatic rings. The lowest BCUT2D eigenvalue weighted by atomic mass is 10.1. The van der Waals surface area contributed by atoms with Crippen LogP contribution in [0.25, 0.3) is 0 Å². The summed E-state index contributed by atoms with van der Waals surface area (Å²) in [6, 6.07) is 7.41. The Labute approximate surface area is 125 Å². The highest BCUT2D eigenvalue weighted by molar-refractivity contribution is 6.32. The predicted octanol–water partition coefficient (Wildman–Crippen LogP) is 3.89. The summed E-state index contributed by atoms with van der Waals surface area (Å²) >= 11 is 5.77. The molecule has 6 heteroatoms. The number of hydrogen-bond acceptors (Lipinski definition) is 3. The lowest BCUT2D eigenvalue weighted by Gasteiger charge is -2.08. The average Bonchev–Trinajstić information content (AvgIpc) is 2.46. The van der Waals surface area contributed by atoms with Gasteiger partial charge in [0.15, 0.2) is 24.0 Å². The van der Waals surface area contributed by atoms with Crippen molar-refractivity contribution in [3.8, 4) is 11.5 Å². The Kier molecular flexibility index (Phi) is 4.75. The predicted molar refractivity (Wildman–Crippen MR) is 74.2 cm³/mol. The lowest BCUT2D eigenvalue weighted by molar-refractivity contribution is 0.0921. The Morgan fingerprint density at radius 2 is 1.86 bits per heavy atom. The first-order valence-electron chi connectivity index (χ1n) is 5.96. The van der Waals surface area contributed by atoms with E-state index < -0.39 is 17.4 Å². The standard InChI is InChI=1S/C15H11ClF2O3/c1-20-15-4-2-9(6-12(15)18)13(19)8-21-14-5-3-10(17)7-11(14)16/h2-7H,8H2,1H3. The van der Waals surface area contributed by atoms with Gasteiger partial charge in [-0.1, -0.05) is 11.6 Å². The van der Waals surface area contributed by atoms with Crippen LogP contribution in [-0.2, 0) is 0 Å². The molecule has 0 radical (unpaired) electrons. The fourth-order valence-corrected chi connectivity index (χ4v) is 1.88. The minimum absolute atomic E-state index is 0.0500. The van der Waals surface area contributed by atoms with E-state index in [1.54, 1.807) is 0 Å². The van der Waals surface area contributed by atoms with Crippen LogP contribution in [0.1, 0.15) is 10.4 Å². The van der Waals surface area contributed by atoms with E-state index in [0.29, 0.717) is 0 Å². The van der Waals surface area contributed by atoms with Gasteiger partial charge in [0.1, 0.15) is 11.6 Å². The molecular weight excluding hydrogens is 302 g/mol. The van der Waals surface area contributed by atoms with Gasteiger partial charge in [-0.15, -0.1) is 0 Å². The summed E-state index contributed by atoms with van der Waals surface area (Å²) in [6.45, 7) is -0.336. The van der Waals surface area contributed by atoms with Crippen molar-refractivity contribution in [1.82, 2.24) is 0 Å². The minimum atomic E-state index is -0.636. The van der Waals surface area contributed by atoms with Crippen LogP contribution < -0.4 is 9.47 Å². The van der Waals surface area contributed by atoms with Crippen LogP contribution in [0, 0.1) is 11.6 Å². The van der Waals surface area contributed by atoms with Gasteiger partial charge in [-0.3, -0.25) is 4.79 Å². The van der Waals surface area contributed by atoms with E-state index in [0.717, 1.165) is 12.1 Å². The van der Waals surface area contributed by atoms with E-state index in [-0.39, 0.29) is 28.7 Å². The van der Waals surface area contributed by atoms with Crippen LogP contribution in [-0.4, -0.2) is 19.5 Å². The molecule has 110 valence electrons. The summed E-state index contributed by atoms with van der Waals surface area (Å²) < 4.78 is 36.3. The molecule has 0 heterocycles. The largest absolute Gasteiger partial charge is 0.494 e. The first kappa shape index (κ1) is 15.3. The van der Waals surface area contributed by atoms with E-state index in [4.69, 9.17) is 21.1 Å². The van der Waals surface area contributed by atoms with Crippen LogP contribution in [0.3, 0.4) is 0 Å². The maximum Gasteiger partial charge on any atom is 0.200 e. The summed E-state index contributed by atoms with van der Waals surface area (Å²) in [5.41, 5.74) is 0.145. The van der Waals surface area contributed by atoms with E-state index in [2.05, 4.69) is 0 Å². The van der Waals surface area contributed by atoms with E-state index in [1.807, 2.05) is 0 Å². The molecule has 0 unspecified atom stereocenters. The average molecular weight is 313 g/mol. The molecule has 0 fully saturated rings. The van der Waals surface area contributed by atoms with Gasteiger partial charge in [0.2, 0.25) is 0 Å². The second kappa shape index (κ2) is 6.54. The summed E-state index contributed by atoms with van der Waals surface area (Å²) in [5.74, 6) is -1.34. The molecule has 21 heavy (non-hydrogen) atoms. The van der Waals surface area contributed by atoms with Crippen LogP contribution >= 0.6 is 11.6 Å². The van der Waals surface area contributed by atoms with Crippen molar-refractivity contribution in [2.24, 2.45) is 0 Å². The van der Waals surface area contributed by atoms with Crippen molar-refractivity contribution in [3.63, 3.8) is 0 Å². The van der Waals surface area contributed by atoms with E-state index >= 15 is 0 Å². The summed E-state index contributed by atoms with van der Waals surface area (Å²) in [7, 11) is 1.33. The van der Waals surface area contributed by atoms with Crippen molar-refractivity contribution in [2.75, 3.05) is 13.7 Å². The third-order valence-corrected chi connectivity index (χ3v) is 3.02. The molecule has 0 saturated heterocycles. The van der Waals surface area contributed by atoms with Gasteiger partial charge in [0, 0.05) is 5.56 Å². The Bertz CT molecular complexity index is 674. The number of hydrogen-bond donors (Lipinski definition) is 0. The first-order valence-corrected chi connectivity index (χ1v) is 6.33. The van der Waals surface area contributed by atoms with Gasteiger partial charge >= 0.3 is 0 Å². The zero-order chi connectivity index (χ0) is 15.4. The van der Waals surface area contributed by atoms with Gasteiger partial charge < -0.3 is 9.47 Å². The molecule has 0 aliphatic rings. The number of Topliss-reactive ketones (excluding diaryl/α,β-unsaturated/α-hetero) is 1. The molecule has 0 aromatic heterocycles. The summed E-state index contributed by atoms with van der Waals surface area (Å²) in [4.78, 5) is 11.9. The highest BCUT2D eigenvalue weighted by Gasteiger charge is 2.12. The monoisotopic (exact) mass is 312 g/mol. The van der Waals surface area contributed by atoms with E-state index in [1.165, 1.54) is 31.4 Å². The SMILES string of the molecule is COc1ccc(C(=O)COc2ccc(F)cc2Cl)cc1F. The topological polar surface area (TPSA) is 35.5 Å². The van der Waals surface area contributed by atoms with Gasteiger partial charge in [-0.05, 0) is 36.4 Å². The lowest BCUT2D eigenvalue weighted by Crippen LogP contribution is -2.12. The fourth-order valence-electron chi connectivity index (χ4n) is 1.66. The summed E-state index contributed by atoms with van der Waals surface area (Å²) in [6.07, 6.45) is 0. The van der Waals surface area contributed by atoms with Crippen LogP contribution in [0.2, 0.25) is 5.02 Å². The molecular formula is C15H11ClF2O3. The van der Waals surface area contributed by atoms with Crippen LogP contribution in [0.4, 0.5) is 8.78 Å². The maximum atomic E-state index is 13.5. The van der Waals surface area contributed by atoms with Crippen molar-refractivity contribution in [3.05, 3.63) is 58.6 Å². The van der Waals surface area contributed by atoms with Crippen molar-refractivity contribution < 1.29 is 23.0 Å². The summed E-state index contributed by atoms with van der Waals surface area (Å²) in [5, 5.41) is 0.0590. The normalized spacial score (nSPS) is 10.3. The number of halogens is 3. The third-order valence-electron chi connectivity index (χ3n) is 2.73.